The second kappa shape index (κ2) is 8.04. The average Bonchev–Trinajstić information content (AvgIpc) is 2.50. The van der Waals surface area contributed by atoms with Crippen LogP contribution in [0.15, 0.2) is 29.2 Å². The van der Waals surface area contributed by atoms with Crippen LogP contribution in [0.25, 0.3) is 0 Å². The lowest BCUT2D eigenvalue weighted by Gasteiger charge is -2.34. The van der Waals surface area contributed by atoms with Gasteiger partial charge in [0, 0.05) is 25.7 Å². The maximum atomic E-state index is 12.3. The first-order valence-electron chi connectivity index (χ1n) is 8.25. The molecule has 0 unspecified atom stereocenters. The molecule has 2 atom stereocenters. The Bertz CT molecular complexity index is 668. The molecule has 8 heteroatoms. The molecule has 0 spiro atoms. The van der Waals surface area contributed by atoms with Crippen LogP contribution in [0.5, 0.6) is 0 Å². The van der Waals surface area contributed by atoms with E-state index in [0.717, 1.165) is 19.6 Å². The van der Waals surface area contributed by atoms with Gasteiger partial charge in [-0.05, 0) is 37.3 Å². The predicted octanol–water partition coefficient (Wildman–Crippen LogP) is 2.24. The lowest BCUT2D eigenvalue weighted by atomic mass is 9.92. The molecule has 0 radical (unpaired) electrons. The Balaban J connectivity index is 1.89. The molecule has 1 aliphatic heterocycles. The number of piperidine rings is 1. The van der Waals surface area contributed by atoms with Crippen LogP contribution < -0.4 is 4.72 Å². The van der Waals surface area contributed by atoms with Gasteiger partial charge in [-0.2, -0.15) is 0 Å². The molecule has 0 bridgehead atoms. The van der Waals surface area contributed by atoms with Crippen molar-refractivity contribution in [1.82, 2.24) is 9.62 Å². The second-order valence-electron chi connectivity index (χ2n) is 6.68. The van der Waals surface area contributed by atoms with Gasteiger partial charge in [-0.25, -0.2) is 13.1 Å². The normalized spacial score (nSPS) is 22.4. The molecule has 7 nitrogen and oxygen atoms in total. The highest BCUT2D eigenvalue weighted by Crippen LogP contribution is 2.23. The van der Waals surface area contributed by atoms with Crippen LogP contribution >= 0.6 is 0 Å². The second-order valence-corrected chi connectivity index (χ2v) is 8.42. The van der Waals surface area contributed by atoms with E-state index >= 15 is 0 Å². The molecule has 24 heavy (non-hydrogen) atoms. The van der Waals surface area contributed by atoms with Gasteiger partial charge in [-0.3, -0.25) is 10.1 Å². The summed E-state index contributed by atoms with van der Waals surface area (Å²) in [6.07, 6.45) is 1.92. The maximum absolute atomic E-state index is 12.3. The van der Waals surface area contributed by atoms with Crippen LogP contribution in [0.1, 0.15) is 26.7 Å². The van der Waals surface area contributed by atoms with Gasteiger partial charge >= 0.3 is 0 Å². The first kappa shape index (κ1) is 18.8. The number of hydrogen-bond donors (Lipinski definition) is 1. The molecule has 1 aromatic carbocycles. The number of para-hydroxylation sites is 1. The highest BCUT2D eigenvalue weighted by molar-refractivity contribution is 7.89. The van der Waals surface area contributed by atoms with Crippen molar-refractivity contribution in [2.45, 2.75) is 31.6 Å². The third kappa shape index (κ3) is 4.99. The smallest absolute Gasteiger partial charge is 0.289 e. The largest absolute Gasteiger partial charge is 0.303 e. The van der Waals surface area contributed by atoms with Gasteiger partial charge in [0.15, 0.2) is 4.90 Å². The van der Waals surface area contributed by atoms with Gasteiger partial charge in [0.2, 0.25) is 10.0 Å². The minimum absolute atomic E-state index is 0.271. The number of nitrogens with zero attached hydrogens (tertiary/aromatic N) is 2. The molecule has 0 amide bonds. The summed E-state index contributed by atoms with van der Waals surface area (Å²) in [7, 11) is -3.87. The summed E-state index contributed by atoms with van der Waals surface area (Å²) in [5.74, 6) is 1.33. The standard InChI is InChI=1S/C16H25N3O4S/c1-13-10-14(2)12-18(11-13)9-5-8-17-24(22,23)16-7-4-3-6-15(16)19(20)21/h3-4,6-7,13-14,17H,5,8-12H2,1-2H3/t13-,14-/m1/s1. The number of nitro groups is 1. The molecule has 0 aromatic heterocycles. The maximum Gasteiger partial charge on any atom is 0.289 e. The van der Waals surface area contributed by atoms with Crippen LogP contribution in [-0.4, -0.2) is 44.4 Å². The monoisotopic (exact) mass is 355 g/mol. The molecule has 2 rings (SSSR count). The molecular formula is C16H25N3O4S. The van der Waals surface area contributed by atoms with Crippen LogP contribution in [0.2, 0.25) is 0 Å². The minimum Gasteiger partial charge on any atom is -0.303 e. The van der Waals surface area contributed by atoms with E-state index < -0.39 is 20.6 Å². The zero-order chi connectivity index (χ0) is 17.7. The van der Waals surface area contributed by atoms with Crippen LogP contribution in [0, 0.1) is 22.0 Å². The van der Waals surface area contributed by atoms with Crippen molar-refractivity contribution in [2.24, 2.45) is 11.8 Å². The van der Waals surface area contributed by atoms with Crippen molar-refractivity contribution < 1.29 is 13.3 Å². The number of sulfonamides is 1. The predicted molar refractivity (Wildman–Crippen MR) is 92.3 cm³/mol. The van der Waals surface area contributed by atoms with Gasteiger partial charge in [0.25, 0.3) is 5.69 Å². The molecule has 1 fully saturated rings. The topological polar surface area (TPSA) is 92.6 Å². The number of nitrogens with one attached hydrogen (secondary N) is 1. The molecule has 0 aliphatic carbocycles. The minimum atomic E-state index is -3.87. The van der Waals surface area contributed by atoms with E-state index in [4.69, 9.17) is 0 Å². The van der Waals surface area contributed by atoms with Gasteiger partial charge in [-0.1, -0.05) is 26.0 Å². The summed E-state index contributed by atoms with van der Waals surface area (Å²) in [5, 5.41) is 11.0. The van der Waals surface area contributed by atoms with Crippen molar-refractivity contribution in [3.8, 4) is 0 Å². The lowest BCUT2D eigenvalue weighted by molar-refractivity contribution is -0.387. The number of rotatable bonds is 7. The van der Waals surface area contributed by atoms with E-state index in [1.165, 1.54) is 30.7 Å². The highest BCUT2D eigenvalue weighted by atomic mass is 32.2. The fraction of sp³-hybridized carbons (Fsp3) is 0.625. The van der Waals surface area contributed by atoms with Crippen LogP contribution in [-0.2, 0) is 10.0 Å². The van der Waals surface area contributed by atoms with Crippen molar-refractivity contribution >= 4 is 15.7 Å². The number of likely N-dealkylation sites (tertiary alicyclic amines) is 1. The highest BCUT2D eigenvalue weighted by Gasteiger charge is 2.25. The first-order chi connectivity index (χ1) is 11.3. The van der Waals surface area contributed by atoms with E-state index in [-0.39, 0.29) is 11.4 Å². The SMILES string of the molecule is C[C@@H]1C[C@@H](C)CN(CCCNS(=O)(=O)c2ccccc2[N+](=O)[O-])C1. The van der Waals surface area contributed by atoms with E-state index in [1.807, 2.05) is 0 Å². The van der Waals surface area contributed by atoms with Crippen molar-refractivity contribution in [3.63, 3.8) is 0 Å². The van der Waals surface area contributed by atoms with Crippen LogP contribution in [0.3, 0.4) is 0 Å². The Labute approximate surface area is 143 Å². The van der Waals surface area contributed by atoms with Crippen molar-refractivity contribution in [2.75, 3.05) is 26.2 Å². The third-order valence-electron chi connectivity index (χ3n) is 4.24. The van der Waals surface area contributed by atoms with E-state index in [2.05, 4.69) is 23.5 Å². The zero-order valence-corrected chi connectivity index (χ0v) is 15.0. The zero-order valence-electron chi connectivity index (χ0n) is 14.1. The van der Waals surface area contributed by atoms with E-state index in [0.29, 0.717) is 18.3 Å². The lowest BCUT2D eigenvalue weighted by Crippen LogP contribution is -2.40. The molecule has 1 saturated heterocycles. The Morgan fingerprint density at radius 3 is 2.50 bits per heavy atom. The summed E-state index contributed by atoms with van der Waals surface area (Å²) in [6.45, 7) is 7.66. The van der Waals surface area contributed by atoms with Gasteiger partial charge in [0.1, 0.15) is 0 Å². The Morgan fingerprint density at radius 1 is 1.25 bits per heavy atom. The Hall–Kier alpha value is -1.51. The third-order valence-corrected chi connectivity index (χ3v) is 5.75. The summed E-state index contributed by atoms with van der Waals surface area (Å²) >= 11 is 0. The number of hydrogen-bond acceptors (Lipinski definition) is 5. The molecule has 1 aromatic rings. The molecule has 1 N–H and O–H groups in total. The molecule has 134 valence electrons. The molecule has 0 saturated carbocycles. The Morgan fingerprint density at radius 2 is 1.88 bits per heavy atom. The van der Waals surface area contributed by atoms with Crippen molar-refractivity contribution in [1.29, 1.82) is 0 Å². The summed E-state index contributed by atoms with van der Waals surface area (Å²) in [4.78, 5) is 12.4. The summed E-state index contributed by atoms with van der Waals surface area (Å²) < 4.78 is 27.0. The first-order valence-corrected chi connectivity index (χ1v) is 9.73. The Kier molecular flexibility index (Phi) is 6.31. The quantitative estimate of drug-likeness (QED) is 0.460. The van der Waals surface area contributed by atoms with E-state index in [1.54, 1.807) is 0 Å². The number of benzene rings is 1. The summed E-state index contributed by atoms with van der Waals surface area (Å²) in [6, 6.07) is 5.40. The van der Waals surface area contributed by atoms with Gasteiger partial charge in [0.05, 0.1) is 4.92 Å². The molecular weight excluding hydrogens is 330 g/mol. The van der Waals surface area contributed by atoms with Gasteiger partial charge in [-0.15, -0.1) is 0 Å². The average molecular weight is 355 g/mol. The fourth-order valence-corrected chi connectivity index (χ4v) is 4.64. The molecule has 1 heterocycles. The van der Waals surface area contributed by atoms with Gasteiger partial charge < -0.3 is 4.90 Å². The van der Waals surface area contributed by atoms with Crippen LogP contribution in [0.4, 0.5) is 5.69 Å². The van der Waals surface area contributed by atoms with Crippen molar-refractivity contribution in [3.05, 3.63) is 34.4 Å². The fourth-order valence-electron chi connectivity index (χ4n) is 3.40. The molecule has 1 aliphatic rings. The number of nitro benzene ring substituents is 1. The van der Waals surface area contributed by atoms with E-state index in [9.17, 15) is 18.5 Å². The summed E-state index contributed by atoms with van der Waals surface area (Å²) in [5.41, 5.74) is -0.399.